The number of fused-ring (bicyclic) bond motifs is 1. The summed E-state index contributed by atoms with van der Waals surface area (Å²) in [6.07, 6.45) is 5.14. The average molecular weight is 713 g/mol. The zero-order valence-corrected chi connectivity index (χ0v) is 29.9. The monoisotopic (exact) mass is 711 g/mol. The fourth-order valence-corrected chi connectivity index (χ4v) is 8.92. The van der Waals surface area contributed by atoms with Gasteiger partial charge in [-0.15, -0.1) is 0 Å². The van der Waals surface area contributed by atoms with E-state index in [4.69, 9.17) is 42.6 Å². The third kappa shape index (κ3) is 5.74. The number of aryl methyl sites for hydroxylation is 1. The van der Waals surface area contributed by atoms with Gasteiger partial charge in [-0.1, -0.05) is 65.7 Å². The number of rotatable bonds is 9. The molecular weight excluding hydrogens is 673 g/mol. The van der Waals surface area contributed by atoms with Crippen molar-refractivity contribution < 1.29 is 19.1 Å². The maximum Gasteiger partial charge on any atom is 0.237 e. The molecule has 3 fully saturated rings. The normalized spacial score (nSPS) is 19.9. The van der Waals surface area contributed by atoms with Crippen molar-refractivity contribution in [2.75, 3.05) is 40.4 Å². The van der Waals surface area contributed by atoms with Crippen LogP contribution in [0.2, 0.25) is 10.0 Å². The summed E-state index contributed by atoms with van der Waals surface area (Å²) in [6.45, 7) is 5.46. The molecule has 4 aromatic rings. The Balaban J connectivity index is 1.06. The third-order valence-corrected chi connectivity index (χ3v) is 11.7. The molecule has 4 aliphatic rings. The summed E-state index contributed by atoms with van der Waals surface area (Å²) < 4.78 is 11.6. The highest BCUT2D eigenvalue weighted by molar-refractivity contribution is 6.39. The van der Waals surface area contributed by atoms with Gasteiger partial charge in [0.1, 0.15) is 17.2 Å². The lowest BCUT2D eigenvalue weighted by atomic mass is 9.88. The molecule has 1 amide bonds. The number of hydrogen-bond donors (Lipinski definition) is 1. The number of hydrogen-bond acceptors (Lipinski definition) is 8. The topological polar surface area (TPSA) is 96.9 Å². The summed E-state index contributed by atoms with van der Waals surface area (Å²) in [6, 6.07) is 16.4. The molecule has 1 spiro atoms. The summed E-state index contributed by atoms with van der Waals surface area (Å²) in [7, 11) is 3.31. The van der Waals surface area contributed by atoms with Gasteiger partial charge in [0, 0.05) is 78.9 Å². The summed E-state index contributed by atoms with van der Waals surface area (Å²) in [4.78, 5) is 37.8. The fourth-order valence-electron chi connectivity index (χ4n) is 8.26. The molecule has 0 bridgehead atoms. The predicted octanol–water partition coefficient (Wildman–Crippen LogP) is 6.77. The molecule has 0 saturated carbocycles. The number of carbonyl (C=O) groups excluding carboxylic acids is 2. The molecule has 0 radical (unpaired) electrons. The lowest BCUT2D eigenvalue weighted by Gasteiger charge is -2.47. The molecule has 3 aromatic carbocycles. The summed E-state index contributed by atoms with van der Waals surface area (Å²) in [5, 5.41) is 4.24. The highest BCUT2D eigenvalue weighted by atomic mass is 35.5. The Kier molecular flexibility index (Phi) is 8.58. The van der Waals surface area contributed by atoms with Gasteiger partial charge in [0.2, 0.25) is 11.8 Å². The number of carbonyl (C=O) groups is 2. The minimum Gasteiger partial charge on any atom is -0.496 e. The van der Waals surface area contributed by atoms with Crippen LogP contribution in [0.1, 0.15) is 49.0 Å². The number of likely N-dealkylation sites (tertiary alicyclic amines) is 2. The highest BCUT2D eigenvalue weighted by Gasteiger charge is 2.47. The van der Waals surface area contributed by atoms with Gasteiger partial charge in [0.25, 0.3) is 0 Å². The van der Waals surface area contributed by atoms with E-state index in [1.54, 1.807) is 27.3 Å². The minimum atomic E-state index is -0.101. The Bertz CT molecular complexity index is 2020. The molecule has 1 aromatic heterocycles. The molecule has 3 aliphatic heterocycles. The SMILES string of the molecule is COc1cc(-c2cccc(-c3cccc(-c4cnc(CN5CC6(CCC(=O)N6)C5)c(OC)n4)c3Cl)c2Cl)cc2c1C(N1CC(C(C)=O)C1)CC2. The predicted molar refractivity (Wildman–Crippen MR) is 194 cm³/mol. The van der Waals surface area contributed by atoms with E-state index in [0.29, 0.717) is 34.6 Å². The molecule has 1 N–H and O–H groups in total. The van der Waals surface area contributed by atoms with E-state index < -0.39 is 0 Å². The van der Waals surface area contributed by atoms with Crippen LogP contribution in [0.15, 0.2) is 54.7 Å². The van der Waals surface area contributed by atoms with Gasteiger partial charge in [-0.25, -0.2) is 4.98 Å². The Labute approximate surface area is 301 Å². The second-order valence-electron chi connectivity index (χ2n) is 14.1. The van der Waals surface area contributed by atoms with Gasteiger partial charge >= 0.3 is 0 Å². The Morgan fingerprint density at radius 1 is 0.980 bits per heavy atom. The van der Waals surface area contributed by atoms with Gasteiger partial charge in [-0.2, -0.15) is 0 Å². The molecule has 4 heterocycles. The second kappa shape index (κ2) is 12.9. The van der Waals surface area contributed by atoms with Crippen LogP contribution in [0.4, 0.5) is 0 Å². The number of ketones is 1. The van der Waals surface area contributed by atoms with E-state index in [1.807, 2.05) is 36.4 Å². The van der Waals surface area contributed by atoms with Crippen LogP contribution in [0.25, 0.3) is 33.5 Å². The smallest absolute Gasteiger partial charge is 0.237 e. The number of methoxy groups -OCH3 is 2. The molecule has 1 atom stereocenters. The number of nitrogens with zero attached hydrogens (tertiary/aromatic N) is 4. The lowest BCUT2D eigenvalue weighted by molar-refractivity contribution is -0.127. The van der Waals surface area contributed by atoms with Crippen molar-refractivity contribution in [1.82, 2.24) is 25.1 Å². The highest BCUT2D eigenvalue weighted by Crippen LogP contribution is 2.48. The third-order valence-electron chi connectivity index (χ3n) is 10.9. The molecule has 8 rings (SSSR count). The Morgan fingerprint density at radius 2 is 1.68 bits per heavy atom. The summed E-state index contributed by atoms with van der Waals surface area (Å²) in [5.41, 5.74) is 7.92. The van der Waals surface area contributed by atoms with E-state index >= 15 is 0 Å². The molecule has 9 nitrogen and oxygen atoms in total. The Morgan fingerprint density at radius 3 is 2.34 bits per heavy atom. The lowest BCUT2D eigenvalue weighted by Crippen LogP contribution is -2.66. The van der Waals surface area contributed by atoms with Crippen LogP contribution in [0.3, 0.4) is 0 Å². The number of Topliss-reactive ketones (excluding diaryl/α,β-unsaturated/α-hetero) is 1. The van der Waals surface area contributed by atoms with Crippen molar-refractivity contribution in [3.63, 3.8) is 0 Å². The van der Waals surface area contributed by atoms with E-state index in [9.17, 15) is 9.59 Å². The van der Waals surface area contributed by atoms with E-state index in [2.05, 4.69) is 27.2 Å². The molecule has 1 aliphatic carbocycles. The molecule has 50 heavy (non-hydrogen) atoms. The molecule has 1 unspecified atom stereocenters. The van der Waals surface area contributed by atoms with Gasteiger partial charge in [0.05, 0.1) is 41.7 Å². The fraction of sp³-hybridized carbons (Fsp3) is 0.385. The number of nitrogens with one attached hydrogen (secondary N) is 1. The first-order valence-electron chi connectivity index (χ1n) is 17.1. The van der Waals surface area contributed by atoms with Crippen LogP contribution < -0.4 is 14.8 Å². The van der Waals surface area contributed by atoms with E-state index in [1.165, 1.54) is 11.1 Å². The van der Waals surface area contributed by atoms with Crippen molar-refractivity contribution in [2.24, 2.45) is 5.92 Å². The van der Waals surface area contributed by atoms with Crippen LogP contribution in [-0.4, -0.2) is 77.4 Å². The van der Waals surface area contributed by atoms with Crippen LogP contribution in [0, 0.1) is 5.92 Å². The first kappa shape index (κ1) is 33.1. The summed E-state index contributed by atoms with van der Waals surface area (Å²) in [5.74, 6) is 1.82. The van der Waals surface area contributed by atoms with Gasteiger partial charge in [-0.3, -0.25) is 24.4 Å². The largest absolute Gasteiger partial charge is 0.496 e. The molecule has 11 heteroatoms. The quantitative estimate of drug-likeness (QED) is 0.203. The van der Waals surface area contributed by atoms with E-state index in [-0.39, 0.29) is 29.2 Å². The number of ether oxygens (including phenoxy) is 2. The van der Waals surface area contributed by atoms with Crippen LogP contribution >= 0.6 is 23.2 Å². The Hall–Kier alpha value is -4.02. The standard InChI is InChI=1S/C39H39Cl2N5O4/c1-22(47)25-17-46(18-25)32-11-10-23-14-24(15-33(49-2)35(23)32)26-6-4-7-27(36(26)40)28-8-5-9-29(37(28)41)30-16-42-31(38(43-30)50-3)19-45-20-39(21-45)13-12-34(48)44-39/h4-9,14-16,25,32H,10-13,17-21H2,1-3H3,(H,44,48). The van der Waals surface area contributed by atoms with Crippen molar-refractivity contribution >= 4 is 34.9 Å². The second-order valence-corrected chi connectivity index (χ2v) is 14.8. The average Bonchev–Trinajstić information content (AvgIpc) is 3.68. The van der Waals surface area contributed by atoms with Gasteiger partial charge in [-0.05, 0) is 43.4 Å². The molecule has 3 saturated heterocycles. The van der Waals surface area contributed by atoms with Gasteiger partial charge in [0.15, 0.2) is 0 Å². The zero-order chi connectivity index (χ0) is 34.7. The first-order chi connectivity index (χ1) is 24.2. The maximum absolute atomic E-state index is 11.9. The number of aromatic nitrogens is 2. The van der Waals surface area contributed by atoms with Crippen molar-refractivity contribution in [1.29, 1.82) is 0 Å². The van der Waals surface area contributed by atoms with Crippen molar-refractivity contribution in [3.05, 3.63) is 81.6 Å². The first-order valence-corrected chi connectivity index (χ1v) is 17.9. The van der Waals surface area contributed by atoms with Crippen molar-refractivity contribution in [2.45, 2.75) is 50.7 Å². The number of halogens is 2. The van der Waals surface area contributed by atoms with Crippen LogP contribution in [0.5, 0.6) is 11.6 Å². The molecular formula is C39H39Cl2N5O4. The minimum absolute atomic E-state index is 0.101. The van der Waals surface area contributed by atoms with Crippen molar-refractivity contribution in [3.8, 4) is 45.1 Å². The van der Waals surface area contributed by atoms with Gasteiger partial charge < -0.3 is 14.8 Å². The maximum atomic E-state index is 11.9. The summed E-state index contributed by atoms with van der Waals surface area (Å²) >= 11 is 14.4. The molecule has 258 valence electrons. The number of benzene rings is 3. The zero-order valence-electron chi connectivity index (χ0n) is 28.4. The van der Waals surface area contributed by atoms with Crippen LogP contribution in [-0.2, 0) is 22.6 Å². The number of amides is 1. The van der Waals surface area contributed by atoms with E-state index in [0.717, 1.165) is 84.7 Å².